The number of hydrogen-bond acceptors (Lipinski definition) is 2. The number of aromatic nitrogens is 1. The van der Waals surface area contributed by atoms with Crippen LogP contribution >= 0.6 is 11.3 Å². The van der Waals surface area contributed by atoms with E-state index in [1.807, 2.05) is 65.2 Å². The van der Waals surface area contributed by atoms with Crippen LogP contribution < -0.4 is 4.80 Å². The second-order valence-electron chi connectivity index (χ2n) is 4.92. The van der Waals surface area contributed by atoms with Crippen LogP contribution in [0.3, 0.4) is 0 Å². The number of benzene rings is 2. The highest BCUT2D eigenvalue weighted by Crippen LogP contribution is 2.16. The number of carbonyl (C=O) groups is 1. The van der Waals surface area contributed by atoms with Gasteiger partial charge >= 0.3 is 0 Å². The first-order valence-corrected chi connectivity index (χ1v) is 7.90. The molecule has 3 rings (SSSR count). The number of para-hydroxylation sites is 1. The molecule has 0 aliphatic carbocycles. The van der Waals surface area contributed by atoms with Crippen LogP contribution in [0.15, 0.2) is 72.2 Å². The molecule has 0 atom stereocenters. The zero-order valence-electron chi connectivity index (χ0n) is 12.1. The smallest absolute Gasteiger partial charge is 0.252 e. The number of rotatable bonds is 4. The van der Waals surface area contributed by atoms with Gasteiger partial charge in [-0.2, -0.15) is 4.99 Å². The van der Waals surface area contributed by atoms with Gasteiger partial charge in [0.15, 0.2) is 4.80 Å². The van der Waals surface area contributed by atoms with Crippen LogP contribution in [0.25, 0.3) is 10.2 Å². The summed E-state index contributed by atoms with van der Waals surface area (Å²) in [5.74, 6) is -0.129. The van der Waals surface area contributed by atoms with Gasteiger partial charge in [0, 0.05) is 6.54 Å². The second kappa shape index (κ2) is 6.54. The molecule has 1 amide bonds. The molecule has 0 fully saturated rings. The summed E-state index contributed by atoms with van der Waals surface area (Å²) in [6, 6.07) is 17.7. The molecule has 0 N–H and O–H groups in total. The molecule has 0 bridgehead atoms. The van der Waals surface area contributed by atoms with Gasteiger partial charge in [-0.3, -0.25) is 4.79 Å². The van der Waals surface area contributed by atoms with Crippen LogP contribution in [0.5, 0.6) is 0 Å². The Hall–Kier alpha value is -2.46. The fourth-order valence-electron chi connectivity index (χ4n) is 2.33. The van der Waals surface area contributed by atoms with Crippen molar-refractivity contribution in [3.8, 4) is 0 Å². The van der Waals surface area contributed by atoms with Crippen molar-refractivity contribution >= 4 is 27.5 Å². The minimum atomic E-state index is -0.129. The molecule has 0 spiro atoms. The molecule has 0 unspecified atom stereocenters. The Morgan fingerprint density at radius 2 is 1.86 bits per heavy atom. The van der Waals surface area contributed by atoms with Gasteiger partial charge in [-0.05, 0) is 17.7 Å². The summed E-state index contributed by atoms with van der Waals surface area (Å²) in [6.45, 7) is 4.43. The number of fused-ring (bicyclic) bond motifs is 1. The lowest BCUT2D eigenvalue weighted by Crippen LogP contribution is -2.16. The molecule has 2 aromatic carbocycles. The Labute approximate surface area is 132 Å². The molecule has 0 radical (unpaired) electrons. The summed E-state index contributed by atoms with van der Waals surface area (Å²) >= 11 is 1.53. The van der Waals surface area contributed by atoms with Gasteiger partial charge in [0.2, 0.25) is 0 Å². The standard InChI is InChI=1S/C18H16N2OS/c1-2-12-20-15-10-6-7-11-16(15)22-18(20)19-17(21)13-14-8-4-3-5-9-14/h2-11H,1,12-13H2. The van der Waals surface area contributed by atoms with Crippen molar-refractivity contribution in [1.29, 1.82) is 0 Å². The third-order valence-corrected chi connectivity index (χ3v) is 4.38. The third-order valence-electron chi connectivity index (χ3n) is 3.32. The predicted octanol–water partition coefficient (Wildman–Crippen LogP) is 3.56. The zero-order valence-corrected chi connectivity index (χ0v) is 12.9. The van der Waals surface area contributed by atoms with Crippen molar-refractivity contribution < 1.29 is 4.79 Å². The highest BCUT2D eigenvalue weighted by Gasteiger charge is 2.07. The summed E-state index contributed by atoms with van der Waals surface area (Å²) in [5.41, 5.74) is 2.06. The van der Waals surface area contributed by atoms with Gasteiger partial charge in [0.1, 0.15) is 0 Å². The second-order valence-corrected chi connectivity index (χ2v) is 5.93. The van der Waals surface area contributed by atoms with Crippen LogP contribution in [-0.4, -0.2) is 10.5 Å². The zero-order chi connectivity index (χ0) is 15.4. The van der Waals surface area contributed by atoms with Gasteiger partial charge < -0.3 is 4.57 Å². The first-order chi connectivity index (χ1) is 10.8. The summed E-state index contributed by atoms with van der Waals surface area (Å²) in [6.07, 6.45) is 2.14. The SMILES string of the molecule is C=CCn1c(=NC(=O)Cc2ccccc2)sc2ccccc21. The van der Waals surface area contributed by atoms with Crippen molar-refractivity contribution in [2.45, 2.75) is 13.0 Å². The molecule has 0 aliphatic heterocycles. The molecule has 22 heavy (non-hydrogen) atoms. The molecular weight excluding hydrogens is 292 g/mol. The number of amides is 1. The maximum Gasteiger partial charge on any atom is 0.252 e. The Balaban J connectivity index is 1.99. The van der Waals surface area contributed by atoms with E-state index in [0.29, 0.717) is 13.0 Å². The first-order valence-electron chi connectivity index (χ1n) is 7.08. The Morgan fingerprint density at radius 3 is 2.64 bits per heavy atom. The van der Waals surface area contributed by atoms with E-state index in [2.05, 4.69) is 11.6 Å². The summed E-state index contributed by atoms with van der Waals surface area (Å²) < 4.78 is 3.14. The predicted molar refractivity (Wildman–Crippen MR) is 90.7 cm³/mol. The Bertz CT molecular complexity index is 875. The number of allylic oxidation sites excluding steroid dienone is 1. The number of hydrogen-bond donors (Lipinski definition) is 0. The molecule has 110 valence electrons. The first kappa shape index (κ1) is 14.5. The molecule has 1 aromatic heterocycles. The third kappa shape index (κ3) is 3.07. The number of nitrogens with zero attached hydrogens (tertiary/aromatic N) is 2. The summed E-state index contributed by atoms with van der Waals surface area (Å²) in [4.78, 5) is 17.2. The average molecular weight is 308 g/mol. The van der Waals surface area contributed by atoms with Crippen LogP contribution in [0.4, 0.5) is 0 Å². The van der Waals surface area contributed by atoms with Crippen LogP contribution in [0, 0.1) is 0 Å². The van der Waals surface area contributed by atoms with Crippen molar-refractivity contribution in [2.24, 2.45) is 4.99 Å². The highest BCUT2D eigenvalue weighted by atomic mass is 32.1. The Morgan fingerprint density at radius 1 is 1.14 bits per heavy atom. The van der Waals surface area contributed by atoms with E-state index in [-0.39, 0.29) is 5.91 Å². The number of thiazole rings is 1. The maximum atomic E-state index is 12.2. The van der Waals surface area contributed by atoms with E-state index in [1.54, 1.807) is 0 Å². The summed E-state index contributed by atoms with van der Waals surface area (Å²) in [5, 5.41) is 0. The molecule has 1 heterocycles. The van der Waals surface area contributed by atoms with E-state index >= 15 is 0 Å². The van der Waals surface area contributed by atoms with Crippen molar-refractivity contribution in [1.82, 2.24) is 4.57 Å². The van der Waals surface area contributed by atoms with Gasteiger partial charge in [-0.1, -0.05) is 59.9 Å². The molecule has 0 saturated heterocycles. The summed E-state index contributed by atoms with van der Waals surface area (Å²) in [7, 11) is 0. The quantitative estimate of drug-likeness (QED) is 0.679. The highest BCUT2D eigenvalue weighted by molar-refractivity contribution is 7.16. The average Bonchev–Trinajstić information content (AvgIpc) is 2.86. The monoisotopic (exact) mass is 308 g/mol. The molecule has 0 aliphatic rings. The minimum Gasteiger partial charge on any atom is -0.313 e. The lowest BCUT2D eigenvalue weighted by atomic mass is 10.1. The van der Waals surface area contributed by atoms with Gasteiger partial charge in [0.05, 0.1) is 16.6 Å². The van der Waals surface area contributed by atoms with Crippen LogP contribution in [-0.2, 0) is 17.8 Å². The number of carbonyl (C=O) groups excluding carboxylic acids is 1. The normalized spacial score (nSPS) is 11.7. The van der Waals surface area contributed by atoms with Crippen molar-refractivity contribution in [3.63, 3.8) is 0 Å². The van der Waals surface area contributed by atoms with E-state index in [9.17, 15) is 4.79 Å². The maximum absolute atomic E-state index is 12.2. The molecule has 3 aromatic rings. The van der Waals surface area contributed by atoms with Gasteiger partial charge in [-0.25, -0.2) is 0 Å². The van der Waals surface area contributed by atoms with E-state index in [0.717, 1.165) is 20.6 Å². The molecule has 0 saturated carbocycles. The van der Waals surface area contributed by atoms with Crippen LogP contribution in [0.1, 0.15) is 5.56 Å². The fourth-order valence-corrected chi connectivity index (χ4v) is 3.38. The lowest BCUT2D eigenvalue weighted by Gasteiger charge is -2.00. The topological polar surface area (TPSA) is 34.4 Å². The fraction of sp³-hybridized carbons (Fsp3) is 0.111. The van der Waals surface area contributed by atoms with Crippen molar-refractivity contribution in [2.75, 3.05) is 0 Å². The van der Waals surface area contributed by atoms with E-state index in [1.165, 1.54) is 11.3 Å². The molecule has 4 heteroatoms. The van der Waals surface area contributed by atoms with Crippen molar-refractivity contribution in [3.05, 3.63) is 77.6 Å². The lowest BCUT2D eigenvalue weighted by molar-refractivity contribution is -0.117. The molecular formula is C18H16N2OS. The minimum absolute atomic E-state index is 0.129. The Kier molecular flexibility index (Phi) is 4.30. The van der Waals surface area contributed by atoms with E-state index in [4.69, 9.17) is 0 Å². The largest absolute Gasteiger partial charge is 0.313 e. The molecule has 3 nitrogen and oxygen atoms in total. The van der Waals surface area contributed by atoms with Gasteiger partial charge in [-0.15, -0.1) is 6.58 Å². The van der Waals surface area contributed by atoms with Gasteiger partial charge in [0.25, 0.3) is 5.91 Å². The van der Waals surface area contributed by atoms with E-state index < -0.39 is 0 Å². The van der Waals surface area contributed by atoms with Crippen LogP contribution in [0.2, 0.25) is 0 Å².